The van der Waals surface area contributed by atoms with Crippen molar-refractivity contribution in [2.75, 3.05) is 0 Å². The van der Waals surface area contributed by atoms with E-state index in [0.29, 0.717) is 0 Å². The molecule has 0 atom stereocenters. The molecule has 1 aliphatic heterocycles. The molecule has 0 bridgehead atoms. The van der Waals surface area contributed by atoms with Gasteiger partial charge >= 0.3 is 0 Å². The quantitative estimate of drug-likeness (QED) is 0.173. The fourth-order valence-corrected chi connectivity index (χ4v) is 8.97. The average Bonchev–Trinajstić information content (AvgIpc) is 3.80. The first-order chi connectivity index (χ1) is 28.2. The highest BCUT2D eigenvalue weighted by molar-refractivity contribution is 6.13. The normalized spacial score (nSPS) is 12.0. The molecular weight excluding hydrogens is 693 g/mol. The van der Waals surface area contributed by atoms with Crippen molar-refractivity contribution >= 4 is 43.6 Å². The van der Waals surface area contributed by atoms with Crippen LogP contribution in [0.2, 0.25) is 0 Å². The summed E-state index contributed by atoms with van der Waals surface area (Å²) in [6, 6.07) is 74.5. The topological polar surface area (TPSA) is 19.1 Å². The van der Waals surface area contributed by atoms with Gasteiger partial charge in [-0.15, -0.1) is 0 Å². The molecule has 0 amide bonds. The Labute approximate surface area is 329 Å². The molecule has 0 unspecified atom stereocenters. The zero-order valence-corrected chi connectivity index (χ0v) is 30.9. The molecule has 11 aromatic rings. The molecule has 3 heterocycles. The number of ether oxygens (including phenoxy) is 1. The van der Waals surface area contributed by atoms with E-state index in [4.69, 9.17) is 4.74 Å². The maximum absolute atomic E-state index is 6.33. The molecule has 2 aromatic heterocycles. The summed E-state index contributed by atoms with van der Waals surface area (Å²) < 4.78 is 11.1. The summed E-state index contributed by atoms with van der Waals surface area (Å²) in [5.41, 5.74) is 16.5. The second-order valence-corrected chi connectivity index (χ2v) is 14.9. The number of fused-ring (bicyclic) bond motifs is 8. The predicted octanol–water partition coefficient (Wildman–Crippen LogP) is 14.7. The summed E-state index contributed by atoms with van der Waals surface area (Å²) in [6.45, 7) is 0. The highest BCUT2D eigenvalue weighted by Gasteiger charge is 2.23. The minimum absolute atomic E-state index is 0.878. The fraction of sp³-hybridized carbons (Fsp3) is 0. The molecule has 0 radical (unpaired) electrons. The molecule has 0 spiro atoms. The van der Waals surface area contributed by atoms with Gasteiger partial charge in [-0.25, -0.2) is 0 Å². The van der Waals surface area contributed by atoms with Crippen molar-refractivity contribution < 1.29 is 4.74 Å². The average molecular weight is 727 g/mol. The van der Waals surface area contributed by atoms with E-state index in [1.807, 2.05) is 12.1 Å². The molecule has 57 heavy (non-hydrogen) atoms. The first kappa shape index (κ1) is 31.7. The zero-order chi connectivity index (χ0) is 37.5. The first-order valence-electron chi connectivity index (χ1n) is 19.5. The summed E-state index contributed by atoms with van der Waals surface area (Å²) >= 11 is 0. The van der Waals surface area contributed by atoms with Crippen LogP contribution < -0.4 is 4.74 Å². The molecule has 0 saturated heterocycles. The fourth-order valence-electron chi connectivity index (χ4n) is 8.97. The van der Waals surface area contributed by atoms with Crippen molar-refractivity contribution in [3.8, 4) is 67.4 Å². The largest absolute Gasteiger partial charge is 0.453 e. The number of rotatable bonds is 5. The van der Waals surface area contributed by atoms with Gasteiger partial charge in [-0.05, 0) is 105 Å². The standard InChI is InChI=1S/C54H34N2O/c1-3-10-35(11-4-1)40-25-30-48-46(32-40)47-33-41(36-12-5-2-6-13-36)26-31-49(47)55(48)43-27-22-38(23-28-43)37-18-20-39(21-19-37)42-24-29-44-45-14-9-17-53-54(45)56(51(44)34-42)50-15-7-8-16-52(50)57-53/h1-34H. The SMILES string of the molecule is c1ccc(-c2ccc3c(c2)c2cc(-c4ccccc4)ccc2n3-c2ccc(-c3ccc(-c4ccc5c6cccc7c6n(c5c4)-c4ccccc4O7)cc3)cc2)cc1. The van der Waals surface area contributed by atoms with Gasteiger partial charge in [-0.3, -0.25) is 0 Å². The number of benzene rings is 9. The molecular formula is C54H34N2O. The number of hydrogen-bond donors (Lipinski definition) is 0. The van der Waals surface area contributed by atoms with Gasteiger partial charge in [0.2, 0.25) is 0 Å². The first-order valence-corrected chi connectivity index (χ1v) is 19.5. The molecule has 9 aromatic carbocycles. The lowest BCUT2D eigenvalue weighted by molar-refractivity contribution is 0.476. The lowest BCUT2D eigenvalue weighted by Crippen LogP contribution is -2.03. The van der Waals surface area contributed by atoms with Crippen molar-refractivity contribution in [2.24, 2.45) is 0 Å². The van der Waals surface area contributed by atoms with Crippen LogP contribution in [0.5, 0.6) is 11.5 Å². The highest BCUT2D eigenvalue weighted by atomic mass is 16.5. The minimum atomic E-state index is 0.878. The van der Waals surface area contributed by atoms with E-state index in [1.165, 1.54) is 82.6 Å². The second kappa shape index (κ2) is 12.5. The molecule has 0 aliphatic carbocycles. The smallest absolute Gasteiger partial charge is 0.152 e. The van der Waals surface area contributed by atoms with Gasteiger partial charge in [0.25, 0.3) is 0 Å². The lowest BCUT2D eigenvalue weighted by atomic mass is 9.99. The Morgan fingerprint density at radius 3 is 1.42 bits per heavy atom. The molecule has 3 heteroatoms. The molecule has 0 saturated carbocycles. The summed E-state index contributed by atoms with van der Waals surface area (Å²) in [6.07, 6.45) is 0. The molecule has 12 rings (SSSR count). The van der Waals surface area contributed by atoms with Crippen molar-refractivity contribution in [2.45, 2.75) is 0 Å². The van der Waals surface area contributed by atoms with Crippen LogP contribution in [0.3, 0.4) is 0 Å². The lowest BCUT2D eigenvalue weighted by Gasteiger charge is -2.20. The summed E-state index contributed by atoms with van der Waals surface area (Å²) in [4.78, 5) is 0. The second-order valence-electron chi connectivity index (χ2n) is 14.9. The highest BCUT2D eigenvalue weighted by Crippen LogP contribution is 2.46. The van der Waals surface area contributed by atoms with Crippen LogP contribution in [0.4, 0.5) is 0 Å². The molecule has 0 fully saturated rings. The summed E-state index contributed by atoms with van der Waals surface area (Å²) in [5.74, 6) is 1.77. The third-order valence-corrected chi connectivity index (χ3v) is 11.7. The van der Waals surface area contributed by atoms with Crippen LogP contribution in [0.25, 0.3) is 99.5 Å². The van der Waals surface area contributed by atoms with Crippen LogP contribution in [0, 0.1) is 0 Å². The van der Waals surface area contributed by atoms with E-state index in [0.717, 1.165) is 28.4 Å². The third kappa shape index (κ3) is 4.99. The van der Waals surface area contributed by atoms with Gasteiger partial charge in [0.05, 0.1) is 27.8 Å². The third-order valence-electron chi connectivity index (χ3n) is 11.7. The Kier molecular flexibility index (Phi) is 6.93. The van der Waals surface area contributed by atoms with Crippen LogP contribution in [-0.2, 0) is 0 Å². The predicted molar refractivity (Wildman–Crippen MR) is 237 cm³/mol. The Bertz CT molecular complexity index is 3240. The van der Waals surface area contributed by atoms with E-state index < -0.39 is 0 Å². The Hall–Kier alpha value is -7.62. The van der Waals surface area contributed by atoms with Crippen molar-refractivity contribution in [3.63, 3.8) is 0 Å². The number of hydrogen-bond acceptors (Lipinski definition) is 1. The van der Waals surface area contributed by atoms with Crippen LogP contribution in [-0.4, -0.2) is 9.13 Å². The van der Waals surface area contributed by atoms with Crippen LogP contribution in [0.15, 0.2) is 206 Å². The van der Waals surface area contributed by atoms with Crippen LogP contribution in [0.1, 0.15) is 0 Å². The summed E-state index contributed by atoms with van der Waals surface area (Å²) in [7, 11) is 0. The van der Waals surface area contributed by atoms with Crippen molar-refractivity contribution in [1.29, 1.82) is 0 Å². The van der Waals surface area contributed by atoms with E-state index in [1.54, 1.807) is 0 Å². The van der Waals surface area contributed by atoms with E-state index in [2.05, 4.69) is 203 Å². The van der Waals surface area contributed by atoms with Gasteiger partial charge in [0, 0.05) is 27.2 Å². The van der Waals surface area contributed by atoms with Crippen LogP contribution >= 0.6 is 0 Å². The van der Waals surface area contributed by atoms with Gasteiger partial charge in [-0.2, -0.15) is 0 Å². The Balaban J connectivity index is 0.912. The van der Waals surface area contributed by atoms with Gasteiger partial charge < -0.3 is 13.9 Å². The number of para-hydroxylation sites is 3. The zero-order valence-electron chi connectivity index (χ0n) is 30.9. The maximum atomic E-state index is 6.33. The number of nitrogens with zero attached hydrogens (tertiary/aromatic N) is 2. The molecule has 0 N–H and O–H groups in total. The van der Waals surface area contributed by atoms with Crippen molar-refractivity contribution in [3.05, 3.63) is 206 Å². The summed E-state index contributed by atoms with van der Waals surface area (Å²) in [5, 5.41) is 4.93. The van der Waals surface area contributed by atoms with Crippen molar-refractivity contribution in [1.82, 2.24) is 9.13 Å². The molecule has 266 valence electrons. The maximum Gasteiger partial charge on any atom is 0.152 e. The van der Waals surface area contributed by atoms with Gasteiger partial charge in [0.15, 0.2) is 11.5 Å². The van der Waals surface area contributed by atoms with Gasteiger partial charge in [-0.1, -0.05) is 146 Å². The molecule has 3 nitrogen and oxygen atoms in total. The van der Waals surface area contributed by atoms with E-state index >= 15 is 0 Å². The Morgan fingerprint density at radius 1 is 0.281 bits per heavy atom. The minimum Gasteiger partial charge on any atom is -0.453 e. The van der Waals surface area contributed by atoms with Gasteiger partial charge in [0.1, 0.15) is 0 Å². The number of aromatic nitrogens is 2. The molecule has 1 aliphatic rings. The van der Waals surface area contributed by atoms with E-state index in [9.17, 15) is 0 Å². The van der Waals surface area contributed by atoms with E-state index in [-0.39, 0.29) is 0 Å². The Morgan fingerprint density at radius 2 is 0.772 bits per heavy atom. The monoisotopic (exact) mass is 726 g/mol.